The Morgan fingerprint density at radius 3 is 1.09 bits per heavy atom. The molecule has 0 atom stereocenters. The maximum absolute atomic E-state index is 12.9. The van der Waals surface area contributed by atoms with Crippen molar-refractivity contribution in [2.75, 3.05) is 38.8 Å². The number of benzene rings is 1. The van der Waals surface area contributed by atoms with Gasteiger partial charge in [-0.05, 0) is 334 Å². The number of thiol groups is 1. The number of aryl methyl sites for hydroxylation is 1. The number of hydrogen-bond acceptors (Lipinski definition) is 27. The van der Waals surface area contributed by atoms with Gasteiger partial charge in [-0.2, -0.15) is 41.2 Å². The van der Waals surface area contributed by atoms with E-state index in [0.29, 0.717) is 53.1 Å². The minimum atomic E-state index is -4.02. The quantitative estimate of drug-likeness (QED) is 0.00462. The third-order valence-electron chi connectivity index (χ3n) is 12.1. The first-order valence-electron chi connectivity index (χ1n) is 38.7. The van der Waals surface area contributed by atoms with Gasteiger partial charge in [0.2, 0.25) is 5.78 Å². The standard InChI is InChI=1S/C12H6.C11H4.C10H8F2O2S2.C10H2.C9H4.C8H6F2OS2.C8H4F2OS2.C7H8O3S.C6H3BrF2OS.C6H14N.C4H3BrS.C4H6F2O2.C4H8O2S.C2H6O2.CH2O3.Al.2K.2Li.Mn.2O.5H/c1-3-5-7-9-11-12-10-8-6-4-2;1-3-5-7-9-11-10-8-6-4-2;1-2-14-10(13)8-6(9(11)12)7-5(16-8)3-4-15-7;1-3-5-7-9-10-8-6-4-2;1-3-5-7-9-8-6-4-2;2*9-8(10)6-5(3-11)13-4-1-2-12-7(4)6;1-6-2-4-7(5-3-6)11(8,9)10;7-3-1-2-11-5(3)4(10)6(8)9;1-5(2)7-6(3)4;5-4-1-2-6-3-4;1-2-8-4(7)3(5)6;1-2-6-4(5)3-7;3-1-2-4;2-1-4-3;;;;;;;;;;;;;/h1-2H3;1H,2H3;3-4,9H,2H2,1H3;1-2H;1H,2H3;1-2,8,11H,3H2;1-3,8H;2-5H,1H3,(H,8,9,10);1-2,6H;5-6H,1-4H3;1-3H;3H,2H2,1H3;7H,2-3H2,1H3;3-4H,1-2H2;1,3H;;;;;;;;;;;;;/q;;;;;;;;;-1;;;;;;;4*+1;;;;;;;2*-1/p-1. The molecule has 0 saturated heterocycles. The number of Topliss-reactive ketones (excluding diaryl/α,β-unsaturated/α-hetero) is 1. The van der Waals surface area contributed by atoms with Gasteiger partial charge >= 0.3 is 194 Å². The van der Waals surface area contributed by atoms with Crippen molar-refractivity contribution in [1.82, 2.24) is 0 Å². The van der Waals surface area contributed by atoms with Crippen LogP contribution < -0.4 is 146 Å². The van der Waals surface area contributed by atoms with Crippen molar-refractivity contribution in [3.05, 3.63) is 143 Å². The summed E-state index contributed by atoms with van der Waals surface area (Å²) in [6.07, 6.45) is 6.17. The number of aldehydes is 1. The Balaban J connectivity index is -0.000000112. The van der Waals surface area contributed by atoms with E-state index < -0.39 is 74.8 Å². The molecule has 9 aromatic rings. The Hall–Kier alpha value is -8.10. The number of aliphatic hydroxyl groups excluding tert-OH is 3. The predicted molar refractivity (Wildman–Crippen MR) is 573 cm³/mol. The van der Waals surface area contributed by atoms with Crippen LogP contribution in [0.3, 0.4) is 0 Å². The molecule has 0 saturated carbocycles. The Bertz CT molecular complexity index is 6790. The summed E-state index contributed by atoms with van der Waals surface area (Å²) in [5, 5.41) is 47.8. The molecule has 0 fully saturated rings. The fourth-order valence-corrected chi connectivity index (χ4v) is 17.2. The molecule has 1 aromatic carbocycles. The molecule has 0 aliphatic carbocycles. The molecule has 20 nitrogen and oxygen atoms in total. The summed E-state index contributed by atoms with van der Waals surface area (Å²) in [5.41, 5.74) is 0.674. The normalized spacial score (nSPS) is 8.01. The van der Waals surface area contributed by atoms with E-state index in [1.54, 1.807) is 111 Å². The van der Waals surface area contributed by atoms with Gasteiger partial charge in [0.1, 0.15) is 4.88 Å². The summed E-state index contributed by atoms with van der Waals surface area (Å²) in [7, 11) is -4.02. The van der Waals surface area contributed by atoms with Gasteiger partial charge in [0.25, 0.3) is 35.9 Å². The molecule has 8 aromatic heterocycles. The van der Waals surface area contributed by atoms with Crippen molar-refractivity contribution in [2.45, 2.75) is 139 Å². The van der Waals surface area contributed by atoms with Crippen LogP contribution in [0.2, 0.25) is 0 Å². The van der Waals surface area contributed by atoms with E-state index in [-0.39, 0.29) is 248 Å². The van der Waals surface area contributed by atoms with Crippen molar-refractivity contribution >= 4 is 227 Å². The number of nitrogens with zero attached hydrogens (tertiary/aromatic N) is 1. The topological polar surface area (TPSA) is 326 Å². The number of aliphatic hydroxyl groups is 3. The molecule has 8 heterocycles. The number of thiophene rings is 8. The van der Waals surface area contributed by atoms with Crippen molar-refractivity contribution in [2.24, 2.45) is 0 Å². The molecule has 0 spiro atoms. The van der Waals surface area contributed by atoms with Gasteiger partial charge in [-0.3, -0.25) is 23.7 Å². The van der Waals surface area contributed by atoms with E-state index in [1.165, 1.54) is 68.9 Å². The van der Waals surface area contributed by atoms with Crippen LogP contribution in [0.15, 0.2) is 101 Å². The molecule has 0 aliphatic heterocycles. The molecule has 0 bridgehead atoms. The van der Waals surface area contributed by atoms with Crippen molar-refractivity contribution in [3.8, 4) is 227 Å². The molecular formula is C102H88AlBr2F10K2Li2MnNO19S10. The molecule has 48 heteroatoms. The van der Waals surface area contributed by atoms with Crippen LogP contribution in [-0.2, 0) is 72.7 Å². The van der Waals surface area contributed by atoms with Crippen LogP contribution in [-0.4, -0.2) is 146 Å². The van der Waals surface area contributed by atoms with Crippen LogP contribution in [0.4, 0.5) is 43.9 Å². The fourth-order valence-electron chi connectivity index (χ4n) is 7.26. The Labute approximate surface area is 1050 Å². The third-order valence-corrected chi connectivity index (χ3v) is 23.2. The van der Waals surface area contributed by atoms with Gasteiger partial charge in [-0.15, -0.1) is 117 Å². The average Bonchev–Trinajstić information content (AvgIpc) is 1.62. The van der Waals surface area contributed by atoms with Gasteiger partial charge in [-0.1, -0.05) is 69.1 Å². The Morgan fingerprint density at radius 2 is 0.847 bits per heavy atom. The number of halogens is 12. The zero-order valence-electron chi connectivity index (χ0n) is 84.0. The van der Waals surface area contributed by atoms with Crippen molar-refractivity contribution in [1.29, 1.82) is 0 Å². The number of ketones is 1. The van der Waals surface area contributed by atoms with Crippen LogP contribution in [0.5, 0.6) is 0 Å². The molecule has 9 rings (SSSR count). The monoisotopic (exact) mass is 2470 g/mol. The SMILES string of the molecule is Brc1ccsc1.C#CC#CC#CC#CC.C#CC#CC#CC#CC#C.C#CC#CC#CC#CC#CC.CC#CC#CC#CC#CC#CC.CC(C)[N-]C(C)C.CCOC(=O)C(F)F.CCOC(=O)CS.CCOC(=O)c1sc2ccsc2c1C(F)F.Cc1ccc(S(=O)(=O)O)cc1.O=C(c1sccc1Br)C(F)F.O=CO[O-].O=Cc1sc2ccsc2c1C(F)F.OCCO.OCc1sc2ccsc2c1C(F)F.[AlH3].[H-].[H-].[K+].[K+].[Li+].[Li+].[O]=[Mn]=[O]. The van der Waals surface area contributed by atoms with Crippen LogP contribution in [0.1, 0.15) is 154 Å². The van der Waals surface area contributed by atoms with Gasteiger partial charge in [0.15, 0.2) is 23.6 Å². The second-order valence-corrected chi connectivity index (χ2v) is 34.2. The van der Waals surface area contributed by atoms with Gasteiger partial charge < -0.3 is 47.8 Å². The average molecular weight is 2480 g/mol. The van der Waals surface area contributed by atoms with E-state index >= 15 is 0 Å². The van der Waals surface area contributed by atoms with E-state index in [0.717, 1.165) is 49.0 Å². The van der Waals surface area contributed by atoms with Crippen molar-refractivity contribution < 1.29 is 291 Å². The van der Waals surface area contributed by atoms with Gasteiger partial charge in [-0.25, -0.2) is 44.7 Å². The van der Waals surface area contributed by atoms with Gasteiger partial charge in [0, 0.05) is 33.3 Å². The molecule has 150 heavy (non-hydrogen) atoms. The van der Waals surface area contributed by atoms with E-state index in [9.17, 15) is 76.3 Å². The van der Waals surface area contributed by atoms with E-state index in [1.807, 2.05) is 23.8 Å². The number of terminal acetylenes is 4. The van der Waals surface area contributed by atoms with E-state index in [4.69, 9.17) is 68.0 Å². The second-order valence-electron chi connectivity index (χ2n) is 22.8. The second kappa shape index (κ2) is 116. The number of ether oxygens (including phenoxy) is 3. The Morgan fingerprint density at radius 1 is 0.507 bits per heavy atom. The molecule has 0 unspecified atom stereocenters. The third kappa shape index (κ3) is 93.5. The molecule has 4 N–H and O–H groups in total. The number of fused-ring (bicyclic) bond motifs is 3. The number of carbonyl (C=O) groups excluding carboxylic acids is 6. The molecule has 0 amide bonds. The van der Waals surface area contributed by atoms with Crippen LogP contribution in [0.25, 0.3) is 33.5 Å². The van der Waals surface area contributed by atoms with Gasteiger partial charge in [0.05, 0.1) is 90.8 Å². The number of rotatable bonds is 18. The summed E-state index contributed by atoms with van der Waals surface area (Å²) in [4.78, 5) is 64.3. The summed E-state index contributed by atoms with van der Waals surface area (Å²) in [6.45, 7) is 21.9. The first-order valence-corrected chi connectivity index (χ1v) is 50.3. The number of alkyl halides is 10. The molecule has 0 aliphatic rings. The summed E-state index contributed by atoms with van der Waals surface area (Å²) < 4.78 is 187. The number of carbonyl (C=O) groups is 6. The molecule has 773 valence electrons. The first kappa shape index (κ1) is 167. The maximum atomic E-state index is 12.9. The van der Waals surface area contributed by atoms with Crippen LogP contribution >= 0.6 is 135 Å². The number of hydrogen-bond donors (Lipinski definition) is 5. The number of esters is 3. The first-order chi connectivity index (χ1) is 69.2. The van der Waals surface area contributed by atoms with Crippen molar-refractivity contribution in [3.63, 3.8) is 0 Å². The summed E-state index contributed by atoms with van der Waals surface area (Å²) in [6, 6.07) is 15.9. The minimum absolute atomic E-state index is 0. The predicted octanol–water partition coefficient (Wildman–Crippen LogP) is 8.20. The summed E-state index contributed by atoms with van der Waals surface area (Å²) in [5.74, 6) is 79.5. The molecular weight excluding hydrogens is 2390 g/mol. The fraction of sp³-hybridized carbons (Fsp3) is 0.255. The van der Waals surface area contributed by atoms with Crippen LogP contribution in [0, 0.1) is 234 Å². The Kier molecular flexibility index (Phi) is 130. The zero-order chi connectivity index (χ0) is 112. The zero-order valence-corrected chi connectivity index (χ0v) is 101. The summed E-state index contributed by atoms with van der Waals surface area (Å²) >= 11 is 18.4. The van der Waals surface area contributed by atoms with E-state index in [2.05, 4.69) is 293 Å². The molecule has 0 radical (unpaired) electrons.